The molecule has 1 aromatic carbocycles. The van der Waals surface area contributed by atoms with Crippen LogP contribution in [0.15, 0.2) is 53.9 Å². The summed E-state index contributed by atoms with van der Waals surface area (Å²) in [6.07, 6.45) is 5.63. The highest BCUT2D eigenvalue weighted by Gasteiger charge is 2.54. The van der Waals surface area contributed by atoms with Gasteiger partial charge in [0.15, 0.2) is 5.54 Å². The molecule has 5 rings (SSSR count). The zero-order valence-electron chi connectivity index (χ0n) is 15.4. The summed E-state index contributed by atoms with van der Waals surface area (Å²) in [6.45, 7) is 2.29. The fraction of sp³-hybridized carbons (Fsp3) is 0.238. The first kappa shape index (κ1) is 16.7. The average molecular weight is 373 g/mol. The molecule has 28 heavy (non-hydrogen) atoms. The smallest absolute Gasteiger partial charge is 0.275 e. The second kappa shape index (κ2) is 6.02. The first-order valence-electron chi connectivity index (χ1n) is 9.25. The van der Waals surface area contributed by atoms with Crippen LogP contribution in [0, 0.1) is 0 Å². The molecule has 2 amide bonds. The quantitative estimate of drug-likeness (QED) is 0.698. The van der Waals surface area contributed by atoms with Crippen molar-refractivity contribution < 1.29 is 9.59 Å². The van der Waals surface area contributed by atoms with Crippen molar-refractivity contribution in [1.29, 1.82) is 0 Å². The number of hydrogen-bond acceptors (Lipinski definition) is 4. The van der Waals surface area contributed by atoms with Crippen molar-refractivity contribution in [3.8, 4) is 0 Å². The number of aromatic nitrogens is 2. The first-order chi connectivity index (χ1) is 13.6. The van der Waals surface area contributed by atoms with Crippen molar-refractivity contribution in [2.45, 2.75) is 18.9 Å². The fourth-order valence-corrected chi connectivity index (χ4v) is 4.27. The minimum absolute atomic E-state index is 0.0500. The SMILES string of the molecule is C[C@]12C(=O)N(/N=C\c3ccncc3)CC(=O)N1CCc1c2[nH]c2ccccc12. The number of carbonyl (C=O) groups excluding carboxylic acids is 2. The normalized spacial score (nSPS) is 22.0. The lowest BCUT2D eigenvalue weighted by atomic mass is 9.83. The predicted molar refractivity (Wildman–Crippen MR) is 105 cm³/mol. The molecule has 1 saturated heterocycles. The van der Waals surface area contributed by atoms with E-state index >= 15 is 0 Å². The van der Waals surface area contributed by atoms with Crippen LogP contribution in [-0.4, -0.2) is 51.0 Å². The van der Waals surface area contributed by atoms with Crippen LogP contribution in [0.5, 0.6) is 0 Å². The van der Waals surface area contributed by atoms with E-state index in [1.54, 1.807) is 35.6 Å². The number of amides is 2. The Hall–Kier alpha value is -3.48. The maximum atomic E-state index is 13.5. The van der Waals surface area contributed by atoms with Gasteiger partial charge in [-0.05, 0) is 42.7 Å². The van der Waals surface area contributed by atoms with Gasteiger partial charge in [0.25, 0.3) is 5.91 Å². The van der Waals surface area contributed by atoms with Gasteiger partial charge >= 0.3 is 0 Å². The minimum Gasteiger partial charge on any atom is -0.356 e. The number of benzene rings is 1. The Morgan fingerprint density at radius 1 is 1.18 bits per heavy atom. The molecule has 0 spiro atoms. The third-order valence-corrected chi connectivity index (χ3v) is 5.71. The number of para-hydroxylation sites is 1. The van der Waals surface area contributed by atoms with E-state index in [2.05, 4.69) is 21.1 Å². The molecule has 2 aliphatic rings. The number of piperazine rings is 1. The maximum absolute atomic E-state index is 13.5. The molecule has 0 aliphatic carbocycles. The number of H-pyrrole nitrogens is 1. The maximum Gasteiger partial charge on any atom is 0.275 e. The van der Waals surface area contributed by atoms with Crippen molar-refractivity contribution >= 4 is 28.9 Å². The summed E-state index contributed by atoms with van der Waals surface area (Å²) in [7, 11) is 0. The van der Waals surface area contributed by atoms with E-state index in [0.717, 1.165) is 34.1 Å². The highest BCUT2D eigenvalue weighted by Crippen LogP contribution is 2.41. The molecule has 7 heteroatoms. The number of nitrogens with zero attached hydrogens (tertiary/aromatic N) is 4. The molecule has 1 fully saturated rings. The summed E-state index contributed by atoms with van der Waals surface area (Å²) in [5, 5.41) is 6.70. The van der Waals surface area contributed by atoms with Gasteiger partial charge in [-0.1, -0.05) is 18.2 Å². The Kier molecular flexibility index (Phi) is 3.58. The zero-order chi connectivity index (χ0) is 19.3. The van der Waals surface area contributed by atoms with Gasteiger partial charge < -0.3 is 9.88 Å². The standard InChI is InChI=1S/C21H19N5O2/c1-21-19-16(15-4-2-3-5-17(15)24-19)8-11-25(21)18(27)13-26(20(21)28)23-12-14-6-9-22-10-7-14/h2-7,9-10,12,24H,8,11,13H2,1H3/b23-12-/t21-/m0/s1. The van der Waals surface area contributed by atoms with Gasteiger partial charge in [-0.2, -0.15) is 5.10 Å². The van der Waals surface area contributed by atoms with E-state index in [1.165, 1.54) is 5.01 Å². The van der Waals surface area contributed by atoms with Crippen LogP contribution in [0.25, 0.3) is 10.9 Å². The van der Waals surface area contributed by atoms with E-state index in [4.69, 9.17) is 0 Å². The van der Waals surface area contributed by atoms with Crippen molar-refractivity contribution in [3.63, 3.8) is 0 Å². The second-order valence-electron chi connectivity index (χ2n) is 7.28. The molecule has 4 heterocycles. The van der Waals surface area contributed by atoms with E-state index in [9.17, 15) is 9.59 Å². The van der Waals surface area contributed by atoms with E-state index < -0.39 is 5.54 Å². The van der Waals surface area contributed by atoms with Gasteiger partial charge in [0, 0.05) is 29.8 Å². The largest absolute Gasteiger partial charge is 0.356 e. The summed E-state index contributed by atoms with van der Waals surface area (Å²) in [5.41, 5.74) is 2.61. The van der Waals surface area contributed by atoms with Gasteiger partial charge in [0.1, 0.15) is 6.54 Å². The summed E-state index contributed by atoms with van der Waals surface area (Å²) >= 11 is 0. The van der Waals surface area contributed by atoms with Crippen LogP contribution in [0.2, 0.25) is 0 Å². The lowest BCUT2D eigenvalue weighted by molar-refractivity contribution is -0.165. The van der Waals surface area contributed by atoms with Crippen LogP contribution >= 0.6 is 0 Å². The lowest BCUT2D eigenvalue weighted by Gasteiger charge is -2.48. The molecular formula is C21H19N5O2. The number of pyridine rings is 1. The van der Waals surface area contributed by atoms with Crippen molar-refractivity contribution in [3.05, 3.63) is 65.6 Å². The number of nitrogens with one attached hydrogen (secondary N) is 1. The number of rotatable bonds is 2. The van der Waals surface area contributed by atoms with Crippen molar-refractivity contribution in [1.82, 2.24) is 19.9 Å². The molecule has 0 radical (unpaired) electrons. The molecular weight excluding hydrogens is 354 g/mol. The molecule has 1 atom stereocenters. The van der Waals surface area contributed by atoms with Crippen molar-refractivity contribution in [2.75, 3.05) is 13.1 Å². The highest BCUT2D eigenvalue weighted by atomic mass is 16.2. The third kappa shape index (κ3) is 2.29. The van der Waals surface area contributed by atoms with Gasteiger partial charge in [-0.25, -0.2) is 5.01 Å². The molecule has 2 aliphatic heterocycles. The predicted octanol–water partition coefficient (Wildman–Crippen LogP) is 2.04. The number of fused-ring (bicyclic) bond motifs is 5. The number of aromatic amines is 1. The number of carbonyl (C=O) groups is 2. The van der Waals surface area contributed by atoms with Crippen LogP contribution in [0.3, 0.4) is 0 Å². The van der Waals surface area contributed by atoms with Gasteiger partial charge in [-0.15, -0.1) is 0 Å². The monoisotopic (exact) mass is 373 g/mol. The van der Waals surface area contributed by atoms with Crippen LogP contribution in [0.4, 0.5) is 0 Å². The first-order valence-corrected chi connectivity index (χ1v) is 9.25. The lowest BCUT2D eigenvalue weighted by Crippen LogP contribution is -2.65. The molecule has 2 aromatic heterocycles. The topological polar surface area (TPSA) is 81.7 Å². The Labute approximate surface area is 161 Å². The Morgan fingerprint density at radius 2 is 1.96 bits per heavy atom. The molecule has 0 bridgehead atoms. The van der Waals surface area contributed by atoms with E-state index in [-0.39, 0.29) is 18.4 Å². The summed E-state index contributed by atoms with van der Waals surface area (Å²) in [6, 6.07) is 11.6. The average Bonchev–Trinajstić information content (AvgIpc) is 3.11. The molecule has 0 saturated carbocycles. The molecule has 0 unspecified atom stereocenters. The summed E-state index contributed by atoms with van der Waals surface area (Å²) in [4.78, 5) is 35.4. The fourth-order valence-electron chi connectivity index (χ4n) is 4.27. The number of hydrazone groups is 1. The Bertz CT molecular complexity index is 1120. The molecule has 1 N–H and O–H groups in total. The molecule has 3 aromatic rings. The zero-order valence-corrected chi connectivity index (χ0v) is 15.4. The Balaban J connectivity index is 1.59. The Morgan fingerprint density at radius 3 is 2.79 bits per heavy atom. The van der Waals surface area contributed by atoms with Crippen LogP contribution in [0.1, 0.15) is 23.7 Å². The third-order valence-electron chi connectivity index (χ3n) is 5.71. The van der Waals surface area contributed by atoms with Gasteiger partial charge in [-0.3, -0.25) is 14.6 Å². The minimum atomic E-state index is -1.09. The molecule has 7 nitrogen and oxygen atoms in total. The van der Waals surface area contributed by atoms with Crippen LogP contribution < -0.4 is 0 Å². The second-order valence-corrected chi connectivity index (χ2v) is 7.28. The number of hydrogen-bond donors (Lipinski definition) is 1. The van der Waals surface area contributed by atoms with Crippen molar-refractivity contribution in [2.24, 2.45) is 5.10 Å². The van der Waals surface area contributed by atoms with Gasteiger partial charge in [0.05, 0.1) is 11.9 Å². The van der Waals surface area contributed by atoms with E-state index in [1.807, 2.05) is 25.1 Å². The molecule has 140 valence electrons. The summed E-state index contributed by atoms with van der Waals surface area (Å²) in [5.74, 6) is -0.303. The van der Waals surface area contributed by atoms with Crippen LogP contribution in [-0.2, 0) is 21.5 Å². The van der Waals surface area contributed by atoms with E-state index in [0.29, 0.717) is 6.54 Å². The summed E-state index contributed by atoms with van der Waals surface area (Å²) < 4.78 is 0. The van der Waals surface area contributed by atoms with Gasteiger partial charge in [0.2, 0.25) is 5.91 Å². The highest BCUT2D eigenvalue weighted by molar-refractivity contribution is 6.01.